The number of carbonyl (C=O) groups excluding carboxylic acids is 3. The summed E-state index contributed by atoms with van der Waals surface area (Å²) in [5.41, 5.74) is 11.1. The van der Waals surface area contributed by atoms with E-state index in [1.807, 2.05) is 0 Å². The van der Waals surface area contributed by atoms with Crippen molar-refractivity contribution in [1.82, 2.24) is 16.0 Å². The van der Waals surface area contributed by atoms with Crippen molar-refractivity contribution in [2.24, 2.45) is 17.4 Å². The van der Waals surface area contributed by atoms with Crippen molar-refractivity contribution in [2.75, 3.05) is 18.9 Å². The number of aliphatic hydroxyl groups is 1. The van der Waals surface area contributed by atoms with Gasteiger partial charge in [-0.05, 0) is 31.7 Å². The Labute approximate surface area is 175 Å². The van der Waals surface area contributed by atoms with Crippen LogP contribution in [0.15, 0.2) is 0 Å². The lowest BCUT2D eigenvalue weighted by atomic mass is 10.0. The van der Waals surface area contributed by atoms with Gasteiger partial charge in [-0.15, -0.1) is 0 Å². The van der Waals surface area contributed by atoms with E-state index in [1.165, 1.54) is 0 Å². The van der Waals surface area contributed by atoms with Crippen LogP contribution in [0.1, 0.15) is 33.1 Å². The molecule has 4 unspecified atom stereocenters. The number of rotatable bonds is 14. The Morgan fingerprint density at radius 3 is 1.90 bits per heavy atom. The number of hydrogen-bond donors (Lipinski definition) is 8. The molecule has 4 atom stereocenters. The second-order valence-electron chi connectivity index (χ2n) is 6.94. The molecule has 0 saturated carbocycles. The Kier molecular flexibility index (Phi) is 13.2. The van der Waals surface area contributed by atoms with Gasteiger partial charge in [-0.2, -0.15) is 12.6 Å². The van der Waals surface area contributed by atoms with E-state index in [2.05, 4.69) is 28.6 Å². The summed E-state index contributed by atoms with van der Waals surface area (Å²) in [4.78, 5) is 48.0. The normalized spacial score (nSPS) is 15.1. The molecule has 0 aromatic carbocycles. The summed E-state index contributed by atoms with van der Waals surface area (Å²) in [7, 11) is 0. The lowest BCUT2D eigenvalue weighted by Crippen LogP contribution is -2.59. The molecule has 29 heavy (non-hydrogen) atoms. The molecule has 168 valence electrons. The standard InChI is InChI=1S/C17H33N5O6S/c1-9(2)13(19)16(26)21-11(7-23)14(24)22-12(8-29)15(25)20-10(17(27)28)5-3-4-6-18/h9-13,23,29H,3-8,18-19H2,1-2H3,(H,20,25)(H,21,26)(H,22,24)(H,27,28). The number of thiol groups is 1. The third-order valence-corrected chi connectivity index (χ3v) is 4.58. The molecule has 0 heterocycles. The maximum atomic E-state index is 12.4. The first-order chi connectivity index (χ1) is 13.6. The van der Waals surface area contributed by atoms with Gasteiger partial charge in [-0.3, -0.25) is 14.4 Å². The molecule has 0 spiro atoms. The van der Waals surface area contributed by atoms with E-state index in [-0.39, 0.29) is 18.1 Å². The first-order valence-electron chi connectivity index (χ1n) is 9.40. The number of unbranched alkanes of at least 4 members (excludes halogenated alkanes) is 1. The lowest BCUT2D eigenvalue weighted by molar-refractivity contribution is -0.142. The summed E-state index contributed by atoms with van der Waals surface area (Å²) in [6.07, 6.45) is 1.32. The number of hydrogen-bond acceptors (Lipinski definition) is 8. The summed E-state index contributed by atoms with van der Waals surface area (Å²) >= 11 is 4.01. The Bertz CT molecular complexity index is 562. The van der Waals surface area contributed by atoms with Gasteiger partial charge < -0.3 is 37.6 Å². The van der Waals surface area contributed by atoms with Gasteiger partial charge in [-0.25, -0.2) is 4.79 Å². The van der Waals surface area contributed by atoms with Crippen LogP contribution in [0, 0.1) is 5.92 Å². The molecule has 0 fully saturated rings. The van der Waals surface area contributed by atoms with Gasteiger partial charge in [0.1, 0.15) is 18.1 Å². The van der Waals surface area contributed by atoms with Crippen LogP contribution in [-0.2, 0) is 19.2 Å². The number of carboxylic acids is 1. The molecule has 0 aliphatic carbocycles. The fourth-order valence-electron chi connectivity index (χ4n) is 2.25. The third-order valence-electron chi connectivity index (χ3n) is 4.21. The van der Waals surface area contributed by atoms with Crippen molar-refractivity contribution < 1.29 is 29.4 Å². The number of aliphatic carboxylic acids is 1. The third kappa shape index (κ3) is 9.92. The van der Waals surface area contributed by atoms with Crippen molar-refractivity contribution in [3.63, 3.8) is 0 Å². The molecular weight excluding hydrogens is 402 g/mol. The zero-order valence-electron chi connectivity index (χ0n) is 16.8. The van der Waals surface area contributed by atoms with Crippen LogP contribution in [0.2, 0.25) is 0 Å². The molecule has 9 N–H and O–H groups in total. The number of aliphatic hydroxyl groups excluding tert-OH is 1. The van der Waals surface area contributed by atoms with Gasteiger partial charge in [0, 0.05) is 5.75 Å². The van der Waals surface area contributed by atoms with E-state index in [1.54, 1.807) is 13.8 Å². The Morgan fingerprint density at radius 1 is 0.931 bits per heavy atom. The van der Waals surface area contributed by atoms with Gasteiger partial charge >= 0.3 is 5.97 Å². The Balaban J connectivity index is 4.94. The van der Waals surface area contributed by atoms with Crippen molar-refractivity contribution in [2.45, 2.75) is 57.3 Å². The summed E-state index contributed by atoms with van der Waals surface area (Å²) in [6, 6.07) is -4.48. The minimum Gasteiger partial charge on any atom is -0.480 e. The molecule has 11 nitrogen and oxygen atoms in total. The van der Waals surface area contributed by atoms with Crippen molar-refractivity contribution in [3.8, 4) is 0 Å². The predicted molar refractivity (Wildman–Crippen MR) is 110 cm³/mol. The van der Waals surface area contributed by atoms with Crippen LogP contribution in [-0.4, -0.2) is 77.0 Å². The monoisotopic (exact) mass is 435 g/mol. The van der Waals surface area contributed by atoms with Gasteiger partial charge in [0.15, 0.2) is 0 Å². The minimum atomic E-state index is -1.32. The van der Waals surface area contributed by atoms with Crippen molar-refractivity contribution >= 4 is 36.3 Å². The predicted octanol–water partition coefficient (Wildman–Crippen LogP) is -2.44. The lowest BCUT2D eigenvalue weighted by Gasteiger charge is -2.24. The van der Waals surface area contributed by atoms with Crippen LogP contribution in [0.25, 0.3) is 0 Å². The van der Waals surface area contributed by atoms with E-state index in [0.717, 1.165) is 0 Å². The maximum absolute atomic E-state index is 12.4. The molecule has 0 aliphatic rings. The van der Waals surface area contributed by atoms with E-state index in [9.17, 15) is 29.4 Å². The second kappa shape index (κ2) is 14.1. The Hall–Kier alpha value is -1.89. The number of carboxylic acid groups (broad SMARTS) is 1. The molecule has 0 bridgehead atoms. The maximum Gasteiger partial charge on any atom is 0.326 e. The largest absolute Gasteiger partial charge is 0.480 e. The SMILES string of the molecule is CC(C)C(N)C(=O)NC(CO)C(=O)NC(CS)C(=O)NC(CCCCN)C(=O)O. The fraction of sp³-hybridized carbons (Fsp3) is 0.765. The summed E-state index contributed by atoms with van der Waals surface area (Å²) in [5, 5.41) is 25.7. The van der Waals surface area contributed by atoms with Crippen LogP contribution in [0.5, 0.6) is 0 Å². The number of amides is 3. The average Bonchev–Trinajstić information content (AvgIpc) is 2.67. The van der Waals surface area contributed by atoms with E-state index < -0.39 is 54.5 Å². The Morgan fingerprint density at radius 2 is 1.45 bits per heavy atom. The zero-order valence-corrected chi connectivity index (χ0v) is 17.7. The highest BCUT2D eigenvalue weighted by atomic mass is 32.1. The van der Waals surface area contributed by atoms with Gasteiger partial charge in [0.05, 0.1) is 12.6 Å². The van der Waals surface area contributed by atoms with Gasteiger partial charge in [0.2, 0.25) is 17.7 Å². The molecule has 0 aromatic rings. The van der Waals surface area contributed by atoms with Crippen LogP contribution >= 0.6 is 12.6 Å². The number of nitrogens with one attached hydrogen (secondary N) is 3. The van der Waals surface area contributed by atoms with Crippen LogP contribution in [0.3, 0.4) is 0 Å². The molecule has 0 saturated heterocycles. The molecular formula is C17H33N5O6S. The molecule has 0 radical (unpaired) electrons. The molecule has 0 aliphatic heterocycles. The highest BCUT2D eigenvalue weighted by molar-refractivity contribution is 7.80. The molecule has 3 amide bonds. The highest BCUT2D eigenvalue weighted by Gasteiger charge is 2.29. The van der Waals surface area contributed by atoms with Gasteiger partial charge in [0.25, 0.3) is 0 Å². The molecule has 12 heteroatoms. The fourth-order valence-corrected chi connectivity index (χ4v) is 2.51. The summed E-state index contributed by atoms with van der Waals surface area (Å²) in [5.74, 6) is -3.68. The first-order valence-corrected chi connectivity index (χ1v) is 10.0. The van der Waals surface area contributed by atoms with E-state index in [0.29, 0.717) is 19.4 Å². The van der Waals surface area contributed by atoms with Crippen LogP contribution < -0.4 is 27.4 Å². The smallest absolute Gasteiger partial charge is 0.326 e. The average molecular weight is 436 g/mol. The topological polar surface area (TPSA) is 197 Å². The van der Waals surface area contributed by atoms with Gasteiger partial charge in [-0.1, -0.05) is 13.8 Å². The summed E-state index contributed by atoms with van der Waals surface area (Å²) in [6.45, 7) is 3.16. The molecule has 0 aromatic heterocycles. The van der Waals surface area contributed by atoms with Crippen molar-refractivity contribution in [3.05, 3.63) is 0 Å². The zero-order chi connectivity index (χ0) is 22.6. The number of nitrogens with two attached hydrogens (primary N) is 2. The number of carbonyl (C=O) groups is 4. The first kappa shape index (κ1) is 27.1. The van der Waals surface area contributed by atoms with Crippen LogP contribution in [0.4, 0.5) is 0 Å². The minimum absolute atomic E-state index is 0.121. The van der Waals surface area contributed by atoms with E-state index in [4.69, 9.17) is 11.5 Å². The second-order valence-corrected chi connectivity index (χ2v) is 7.31. The van der Waals surface area contributed by atoms with Crippen molar-refractivity contribution in [1.29, 1.82) is 0 Å². The van der Waals surface area contributed by atoms with E-state index >= 15 is 0 Å². The highest BCUT2D eigenvalue weighted by Crippen LogP contribution is 2.03. The quantitative estimate of drug-likeness (QED) is 0.109. The molecule has 0 rings (SSSR count). The summed E-state index contributed by atoms with van der Waals surface area (Å²) < 4.78 is 0.